The first kappa shape index (κ1) is 10.5. The highest BCUT2D eigenvalue weighted by Gasteiger charge is 2.18. The fourth-order valence-electron chi connectivity index (χ4n) is 2.36. The van der Waals surface area contributed by atoms with E-state index in [1.165, 1.54) is 24.0 Å². The molecule has 0 heterocycles. The van der Waals surface area contributed by atoms with Crippen LogP contribution in [-0.4, -0.2) is 12.6 Å². The Labute approximate surface area is 91.9 Å². The van der Waals surface area contributed by atoms with Gasteiger partial charge in [-0.3, -0.25) is 0 Å². The summed E-state index contributed by atoms with van der Waals surface area (Å²) in [6.45, 7) is 3.34. The van der Waals surface area contributed by atoms with Crippen molar-refractivity contribution in [2.75, 3.05) is 12.3 Å². The predicted octanol–water partition coefficient (Wildman–Crippen LogP) is 2.13. The summed E-state index contributed by atoms with van der Waals surface area (Å²) < 4.78 is 0. The van der Waals surface area contributed by atoms with Crippen LogP contribution in [0.15, 0.2) is 18.2 Å². The van der Waals surface area contributed by atoms with E-state index in [9.17, 15) is 0 Å². The molecule has 0 amide bonds. The van der Waals surface area contributed by atoms with Crippen molar-refractivity contribution in [3.05, 3.63) is 29.3 Å². The van der Waals surface area contributed by atoms with Crippen LogP contribution in [0.25, 0.3) is 0 Å². The normalized spacial score (nSPS) is 19.9. The number of fused-ring (bicyclic) bond motifs is 1. The van der Waals surface area contributed by atoms with E-state index >= 15 is 0 Å². The van der Waals surface area contributed by atoms with Crippen LogP contribution >= 0.6 is 0 Å². The molecule has 1 atom stereocenters. The third-order valence-electron chi connectivity index (χ3n) is 3.20. The monoisotopic (exact) mass is 204 g/mol. The molecule has 0 unspecified atom stereocenters. The fourth-order valence-corrected chi connectivity index (χ4v) is 2.36. The zero-order valence-corrected chi connectivity index (χ0v) is 9.42. The number of nitrogen functional groups attached to an aromatic ring is 1. The van der Waals surface area contributed by atoms with Gasteiger partial charge in [0.15, 0.2) is 0 Å². The molecule has 2 nitrogen and oxygen atoms in total. The second-order valence-corrected chi connectivity index (χ2v) is 4.38. The van der Waals surface area contributed by atoms with Gasteiger partial charge in [0, 0.05) is 11.7 Å². The molecular formula is C13H20N2. The number of hydrogen-bond donors (Lipinski definition) is 2. The number of nitrogens with two attached hydrogens (primary N) is 1. The Balaban J connectivity index is 2.07. The van der Waals surface area contributed by atoms with Crippen molar-refractivity contribution in [2.24, 2.45) is 0 Å². The maximum Gasteiger partial charge on any atom is 0.0349 e. The van der Waals surface area contributed by atoms with Gasteiger partial charge < -0.3 is 11.1 Å². The minimum absolute atomic E-state index is 0.652. The Bertz CT molecular complexity index is 333. The number of nitrogens with one attached hydrogen (secondary N) is 1. The first-order chi connectivity index (χ1) is 7.31. The van der Waals surface area contributed by atoms with Crippen LogP contribution in [0.1, 0.15) is 30.9 Å². The molecule has 2 rings (SSSR count). The second-order valence-electron chi connectivity index (χ2n) is 4.38. The van der Waals surface area contributed by atoms with Gasteiger partial charge in [-0.25, -0.2) is 0 Å². The highest BCUT2D eigenvalue weighted by molar-refractivity contribution is 5.52. The summed E-state index contributed by atoms with van der Waals surface area (Å²) >= 11 is 0. The molecule has 0 bridgehead atoms. The SMILES string of the molecule is CCCN[C@@H]1CCc2c(N)cccc2C1. The molecule has 1 aromatic rings. The zero-order chi connectivity index (χ0) is 10.7. The van der Waals surface area contributed by atoms with E-state index in [2.05, 4.69) is 24.4 Å². The summed E-state index contributed by atoms with van der Waals surface area (Å²) in [6, 6.07) is 6.94. The lowest BCUT2D eigenvalue weighted by Crippen LogP contribution is -2.35. The molecule has 0 spiro atoms. The summed E-state index contributed by atoms with van der Waals surface area (Å²) in [5, 5.41) is 3.59. The molecule has 15 heavy (non-hydrogen) atoms. The van der Waals surface area contributed by atoms with E-state index in [0.29, 0.717) is 6.04 Å². The van der Waals surface area contributed by atoms with Gasteiger partial charge in [0.25, 0.3) is 0 Å². The van der Waals surface area contributed by atoms with Gasteiger partial charge in [0.2, 0.25) is 0 Å². The Kier molecular flexibility index (Phi) is 3.27. The van der Waals surface area contributed by atoms with E-state index in [1.54, 1.807) is 0 Å². The molecular weight excluding hydrogens is 184 g/mol. The fraction of sp³-hybridized carbons (Fsp3) is 0.538. The number of anilines is 1. The molecule has 3 N–H and O–H groups in total. The molecule has 0 aliphatic heterocycles. The van der Waals surface area contributed by atoms with Crippen LogP contribution in [0, 0.1) is 0 Å². The van der Waals surface area contributed by atoms with Gasteiger partial charge in [0.1, 0.15) is 0 Å². The molecule has 0 saturated heterocycles. The van der Waals surface area contributed by atoms with Crippen molar-refractivity contribution >= 4 is 5.69 Å². The molecule has 0 saturated carbocycles. The van der Waals surface area contributed by atoms with Crippen molar-refractivity contribution in [3.8, 4) is 0 Å². The molecule has 2 heteroatoms. The maximum atomic E-state index is 5.97. The summed E-state index contributed by atoms with van der Waals surface area (Å²) in [7, 11) is 0. The van der Waals surface area contributed by atoms with Gasteiger partial charge in [-0.2, -0.15) is 0 Å². The van der Waals surface area contributed by atoms with E-state index in [1.807, 2.05) is 6.07 Å². The van der Waals surface area contributed by atoms with E-state index in [4.69, 9.17) is 5.73 Å². The van der Waals surface area contributed by atoms with Gasteiger partial charge in [-0.1, -0.05) is 19.1 Å². The largest absolute Gasteiger partial charge is 0.398 e. The molecule has 1 aromatic carbocycles. The summed E-state index contributed by atoms with van der Waals surface area (Å²) in [4.78, 5) is 0. The van der Waals surface area contributed by atoms with Crippen LogP contribution in [0.4, 0.5) is 5.69 Å². The molecule has 0 radical (unpaired) electrons. The van der Waals surface area contributed by atoms with Crippen molar-refractivity contribution in [3.63, 3.8) is 0 Å². The van der Waals surface area contributed by atoms with Crippen LogP contribution in [0.5, 0.6) is 0 Å². The number of hydrogen-bond acceptors (Lipinski definition) is 2. The van der Waals surface area contributed by atoms with Gasteiger partial charge >= 0.3 is 0 Å². The first-order valence-corrected chi connectivity index (χ1v) is 5.91. The summed E-state index contributed by atoms with van der Waals surface area (Å²) in [5.74, 6) is 0. The lowest BCUT2D eigenvalue weighted by atomic mass is 9.87. The third-order valence-corrected chi connectivity index (χ3v) is 3.20. The smallest absolute Gasteiger partial charge is 0.0349 e. The third kappa shape index (κ3) is 2.32. The van der Waals surface area contributed by atoms with Gasteiger partial charge in [0.05, 0.1) is 0 Å². The highest BCUT2D eigenvalue weighted by Crippen LogP contribution is 2.25. The lowest BCUT2D eigenvalue weighted by molar-refractivity contribution is 0.459. The zero-order valence-electron chi connectivity index (χ0n) is 9.42. The second kappa shape index (κ2) is 4.67. The average molecular weight is 204 g/mol. The van der Waals surface area contributed by atoms with E-state index in [-0.39, 0.29) is 0 Å². The number of benzene rings is 1. The Hall–Kier alpha value is -1.02. The quantitative estimate of drug-likeness (QED) is 0.740. The van der Waals surface area contributed by atoms with Crippen LogP contribution in [-0.2, 0) is 12.8 Å². The van der Waals surface area contributed by atoms with Crippen LogP contribution in [0.3, 0.4) is 0 Å². The van der Waals surface area contributed by atoms with E-state index < -0.39 is 0 Å². The van der Waals surface area contributed by atoms with Crippen LogP contribution < -0.4 is 11.1 Å². The molecule has 1 aliphatic carbocycles. The summed E-state index contributed by atoms with van der Waals surface area (Å²) in [6.07, 6.45) is 4.70. The highest BCUT2D eigenvalue weighted by atomic mass is 14.9. The molecule has 1 aliphatic rings. The van der Waals surface area contributed by atoms with Gasteiger partial charge in [-0.15, -0.1) is 0 Å². The Morgan fingerprint density at radius 1 is 1.47 bits per heavy atom. The van der Waals surface area contributed by atoms with E-state index in [0.717, 1.165) is 25.1 Å². The molecule has 0 aromatic heterocycles. The standard InChI is InChI=1S/C13H20N2/c1-2-8-15-11-6-7-12-10(9-11)4-3-5-13(12)14/h3-5,11,15H,2,6-9,14H2,1H3/t11-/m1/s1. The molecule has 82 valence electrons. The van der Waals surface area contributed by atoms with Crippen LogP contribution in [0.2, 0.25) is 0 Å². The number of rotatable bonds is 3. The average Bonchev–Trinajstić information content (AvgIpc) is 2.26. The topological polar surface area (TPSA) is 38.0 Å². The molecule has 0 fully saturated rings. The lowest BCUT2D eigenvalue weighted by Gasteiger charge is -2.26. The first-order valence-electron chi connectivity index (χ1n) is 5.91. The Morgan fingerprint density at radius 3 is 3.13 bits per heavy atom. The maximum absolute atomic E-state index is 5.97. The summed E-state index contributed by atoms with van der Waals surface area (Å²) in [5.41, 5.74) is 9.76. The van der Waals surface area contributed by atoms with Crippen molar-refractivity contribution in [2.45, 2.75) is 38.6 Å². The predicted molar refractivity (Wildman–Crippen MR) is 65.0 cm³/mol. The van der Waals surface area contributed by atoms with Crippen molar-refractivity contribution in [1.29, 1.82) is 0 Å². The van der Waals surface area contributed by atoms with Crippen molar-refractivity contribution < 1.29 is 0 Å². The minimum atomic E-state index is 0.652. The van der Waals surface area contributed by atoms with Gasteiger partial charge in [-0.05, 0) is 49.4 Å². The minimum Gasteiger partial charge on any atom is -0.398 e. The Morgan fingerprint density at radius 2 is 2.33 bits per heavy atom. The van der Waals surface area contributed by atoms with Crippen molar-refractivity contribution in [1.82, 2.24) is 5.32 Å².